The van der Waals surface area contributed by atoms with E-state index in [-0.39, 0.29) is 12.4 Å². The van der Waals surface area contributed by atoms with Crippen LogP contribution in [0.25, 0.3) is 0 Å². The molecule has 98 valence electrons. The molecule has 4 N–H and O–H groups in total. The van der Waals surface area contributed by atoms with E-state index < -0.39 is 21.5 Å². The molecule has 1 aliphatic heterocycles. The summed E-state index contributed by atoms with van der Waals surface area (Å²) in [4.78, 5) is 12.3. The summed E-state index contributed by atoms with van der Waals surface area (Å²) in [5.74, 6) is -0.320. The molecule has 0 aliphatic carbocycles. The Morgan fingerprint density at radius 2 is 2.28 bits per heavy atom. The number of amides is 1. The number of nitrogens with one attached hydrogen (secondary N) is 1. The minimum atomic E-state index is -4.51. The molecule has 1 amide bonds. The fourth-order valence-electron chi connectivity index (χ4n) is 1.57. The maximum atomic E-state index is 11.2. The van der Waals surface area contributed by atoms with Gasteiger partial charge in [0, 0.05) is 6.08 Å². The highest BCUT2D eigenvalue weighted by Crippen LogP contribution is 2.17. The predicted octanol–water partition coefficient (Wildman–Crippen LogP) is -0.817. The summed E-state index contributed by atoms with van der Waals surface area (Å²) in [5.41, 5.74) is 3.96. The van der Waals surface area contributed by atoms with Gasteiger partial charge in [-0.1, -0.05) is 0 Å². The number of furan rings is 1. The fraction of sp³-hybridized carbons (Fsp3) is 0.222. The fourth-order valence-corrected chi connectivity index (χ4v) is 2.36. The van der Waals surface area contributed by atoms with Crippen molar-refractivity contribution in [1.29, 1.82) is 0 Å². The Morgan fingerprint density at radius 3 is 2.83 bits per heavy atom. The van der Waals surface area contributed by atoms with E-state index in [1.54, 1.807) is 12.1 Å². The first-order valence-corrected chi connectivity index (χ1v) is 6.41. The van der Waals surface area contributed by atoms with E-state index >= 15 is 0 Å². The van der Waals surface area contributed by atoms with Gasteiger partial charge in [-0.05, 0) is 12.1 Å². The maximum absolute atomic E-state index is 11.2. The molecular weight excluding hydrogens is 262 g/mol. The van der Waals surface area contributed by atoms with Crippen LogP contribution in [0, 0.1) is 0 Å². The second-order valence-electron chi connectivity index (χ2n) is 3.65. The first-order chi connectivity index (χ1) is 8.38. The molecule has 1 unspecified atom stereocenters. The van der Waals surface area contributed by atoms with E-state index in [0.29, 0.717) is 5.76 Å². The van der Waals surface area contributed by atoms with Gasteiger partial charge >= 0.3 is 10.1 Å². The largest absolute Gasteiger partial charge is 0.467 e. The maximum Gasteiger partial charge on any atom is 0.306 e. The molecule has 1 aromatic rings. The van der Waals surface area contributed by atoms with Gasteiger partial charge in [0.2, 0.25) is 11.4 Å². The van der Waals surface area contributed by atoms with Crippen molar-refractivity contribution in [2.75, 3.05) is 0 Å². The third-order valence-corrected chi connectivity index (χ3v) is 3.28. The standard InChI is InChI=1S/C9H11N3O5S/c10-7-4-8(13)11-9(18(14,15)16)12(7)5-6-2-1-3-17-6/h1-4,9H,5,10H2,(H,11,13)(H,14,15,16). The van der Waals surface area contributed by atoms with Gasteiger partial charge in [0.05, 0.1) is 12.8 Å². The number of hydrogen-bond acceptors (Lipinski definition) is 6. The zero-order valence-corrected chi connectivity index (χ0v) is 9.92. The molecule has 2 rings (SSSR count). The Kier molecular flexibility index (Phi) is 3.01. The zero-order chi connectivity index (χ0) is 13.3. The van der Waals surface area contributed by atoms with Crippen LogP contribution >= 0.6 is 0 Å². The molecule has 0 saturated carbocycles. The van der Waals surface area contributed by atoms with Crippen molar-refractivity contribution in [3.8, 4) is 0 Å². The van der Waals surface area contributed by atoms with Crippen LogP contribution in [0.3, 0.4) is 0 Å². The van der Waals surface area contributed by atoms with Crippen LogP contribution in [0.2, 0.25) is 0 Å². The Labute approximate surface area is 103 Å². The Morgan fingerprint density at radius 1 is 1.56 bits per heavy atom. The molecule has 0 bridgehead atoms. The van der Waals surface area contributed by atoms with E-state index in [1.165, 1.54) is 6.26 Å². The molecule has 0 spiro atoms. The third kappa shape index (κ3) is 2.46. The van der Waals surface area contributed by atoms with Crippen molar-refractivity contribution in [2.45, 2.75) is 12.0 Å². The number of hydrogen-bond donors (Lipinski definition) is 3. The number of carbonyl (C=O) groups excluding carboxylic acids is 1. The molecule has 0 saturated heterocycles. The second-order valence-corrected chi connectivity index (χ2v) is 5.13. The zero-order valence-electron chi connectivity index (χ0n) is 9.11. The Balaban J connectivity index is 2.33. The van der Waals surface area contributed by atoms with Crippen LogP contribution in [0.4, 0.5) is 0 Å². The number of carbonyl (C=O) groups is 1. The summed E-state index contributed by atoms with van der Waals surface area (Å²) in [5, 5.41) is 2.10. The molecule has 1 aliphatic rings. The van der Waals surface area contributed by atoms with Crippen LogP contribution < -0.4 is 11.1 Å². The van der Waals surface area contributed by atoms with Crippen LogP contribution in [0.1, 0.15) is 5.76 Å². The minimum absolute atomic E-state index is 0.0000694. The summed E-state index contributed by atoms with van der Waals surface area (Å²) in [6, 6.07) is 3.24. The summed E-state index contributed by atoms with van der Waals surface area (Å²) in [6.07, 6.45) is 2.45. The minimum Gasteiger partial charge on any atom is -0.467 e. The SMILES string of the molecule is NC1=CC(=O)NC(S(=O)(=O)O)N1Cc1ccco1. The molecular formula is C9H11N3O5S. The third-order valence-electron chi connectivity index (χ3n) is 2.35. The molecule has 0 aromatic carbocycles. The second kappa shape index (κ2) is 4.35. The average Bonchev–Trinajstić information content (AvgIpc) is 2.72. The van der Waals surface area contributed by atoms with Crippen molar-refractivity contribution in [2.24, 2.45) is 5.73 Å². The molecule has 0 fully saturated rings. The highest BCUT2D eigenvalue weighted by Gasteiger charge is 2.35. The summed E-state index contributed by atoms with van der Waals surface area (Å²) < 4.78 is 36.5. The normalized spacial score (nSPS) is 20.5. The lowest BCUT2D eigenvalue weighted by Crippen LogP contribution is -2.56. The summed E-state index contributed by atoms with van der Waals surface area (Å²) >= 11 is 0. The van der Waals surface area contributed by atoms with Gasteiger partial charge in [0.1, 0.15) is 11.6 Å². The Bertz CT molecular complexity index is 577. The molecule has 9 heteroatoms. The van der Waals surface area contributed by atoms with E-state index in [0.717, 1.165) is 11.0 Å². The van der Waals surface area contributed by atoms with E-state index in [2.05, 4.69) is 5.32 Å². The molecule has 1 atom stereocenters. The monoisotopic (exact) mass is 273 g/mol. The van der Waals surface area contributed by atoms with Crippen LogP contribution in [0.5, 0.6) is 0 Å². The lowest BCUT2D eigenvalue weighted by Gasteiger charge is -2.33. The summed E-state index contributed by atoms with van der Waals surface area (Å²) in [7, 11) is -4.51. The van der Waals surface area contributed by atoms with Gasteiger partial charge in [0.15, 0.2) is 0 Å². The van der Waals surface area contributed by atoms with Gasteiger partial charge in [-0.3, -0.25) is 9.35 Å². The Hall–Kier alpha value is -2.00. The lowest BCUT2D eigenvalue weighted by atomic mass is 10.3. The van der Waals surface area contributed by atoms with Crippen LogP contribution in [-0.4, -0.2) is 29.3 Å². The quantitative estimate of drug-likeness (QED) is 0.614. The van der Waals surface area contributed by atoms with E-state index in [1.807, 2.05) is 0 Å². The van der Waals surface area contributed by atoms with Gasteiger partial charge in [-0.2, -0.15) is 8.42 Å². The average molecular weight is 273 g/mol. The number of nitrogens with two attached hydrogens (primary N) is 1. The first-order valence-electron chi connectivity index (χ1n) is 4.91. The van der Waals surface area contributed by atoms with Crippen LogP contribution in [0.15, 0.2) is 34.7 Å². The van der Waals surface area contributed by atoms with Crippen molar-refractivity contribution in [3.05, 3.63) is 36.1 Å². The van der Waals surface area contributed by atoms with Crippen molar-refractivity contribution >= 4 is 16.0 Å². The van der Waals surface area contributed by atoms with Gasteiger partial charge in [0.25, 0.3) is 0 Å². The van der Waals surface area contributed by atoms with Gasteiger partial charge in [-0.25, -0.2) is 0 Å². The molecule has 0 radical (unpaired) electrons. The molecule has 18 heavy (non-hydrogen) atoms. The topological polar surface area (TPSA) is 126 Å². The van der Waals surface area contributed by atoms with Gasteiger partial charge < -0.3 is 20.4 Å². The van der Waals surface area contributed by atoms with Crippen LogP contribution in [-0.2, 0) is 21.5 Å². The molecule has 1 aromatic heterocycles. The van der Waals surface area contributed by atoms with Crippen molar-refractivity contribution in [1.82, 2.24) is 10.2 Å². The van der Waals surface area contributed by atoms with E-state index in [9.17, 15) is 13.2 Å². The molecule has 2 heterocycles. The van der Waals surface area contributed by atoms with Crippen molar-refractivity contribution in [3.63, 3.8) is 0 Å². The van der Waals surface area contributed by atoms with Crippen molar-refractivity contribution < 1.29 is 22.2 Å². The predicted molar refractivity (Wildman–Crippen MR) is 60.0 cm³/mol. The van der Waals surface area contributed by atoms with E-state index in [4.69, 9.17) is 14.7 Å². The first kappa shape index (κ1) is 12.5. The smallest absolute Gasteiger partial charge is 0.306 e. The highest BCUT2D eigenvalue weighted by atomic mass is 32.2. The number of nitrogens with zero attached hydrogens (tertiary/aromatic N) is 1. The van der Waals surface area contributed by atoms with Gasteiger partial charge in [-0.15, -0.1) is 0 Å². The summed E-state index contributed by atoms with van der Waals surface area (Å²) in [6.45, 7) is 0.0000694. The number of rotatable bonds is 3. The molecule has 8 nitrogen and oxygen atoms in total. The highest BCUT2D eigenvalue weighted by molar-refractivity contribution is 7.86. The lowest BCUT2D eigenvalue weighted by molar-refractivity contribution is -0.118.